The van der Waals surface area contributed by atoms with E-state index in [1.807, 2.05) is 6.08 Å². The molecule has 0 aromatic rings. The first-order valence-corrected chi connectivity index (χ1v) is 12.2. The molecule has 3 fully saturated rings. The molecule has 3 aliphatic carbocycles. The third-order valence-electron chi connectivity index (χ3n) is 8.79. The molecule has 3 aliphatic rings. The molecule has 174 valence electrons. The summed E-state index contributed by atoms with van der Waals surface area (Å²) in [5.41, 5.74) is 1.04. The summed E-state index contributed by atoms with van der Waals surface area (Å²) in [5, 5.41) is 20.5. The Kier molecular flexibility index (Phi) is 7.08. The Hall–Kier alpha value is -1.19. The fourth-order valence-electron chi connectivity index (χ4n) is 6.21. The predicted octanol–water partition coefficient (Wildman–Crippen LogP) is 6.85. The van der Waals surface area contributed by atoms with Crippen molar-refractivity contribution in [1.29, 1.82) is 0 Å². The van der Waals surface area contributed by atoms with E-state index in [-0.39, 0.29) is 11.5 Å². The lowest BCUT2D eigenvalue weighted by Crippen LogP contribution is -2.42. The molecule has 2 N–H and O–H groups in total. The van der Waals surface area contributed by atoms with Crippen LogP contribution in [0, 0.1) is 23.2 Å². The van der Waals surface area contributed by atoms with Gasteiger partial charge in [-0.05, 0) is 101 Å². The summed E-state index contributed by atoms with van der Waals surface area (Å²) in [4.78, 5) is 0. The molecule has 0 aromatic heterocycles. The number of aliphatic hydroxyl groups is 2. The standard InChI is InChI=1S/C28H43FO2/c1-19-9-12-23(30)18-22(19)11-10-21-8-7-16-27(5)24(13-14-25(21)27)20(2)15-17-28(6,31)26(3,4)29/h10-11,15,17,20,23-25,30-31H,1,7-9,12-14,16,18H2,2-6H3/b17-15+,21-10+,22-11-/t20-,23+,24-,25+,27-,28-/m1/s1. The number of hydrogen-bond donors (Lipinski definition) is 2. The van der Waals surface area contributed by atoms with Crippen LogP contribution in [0.5, 0.6) is 0 Å². The van der Waals surface area contributed by atoms with E-state index in [0.29, 0.717) is 17.8 Å². The lowest BCUT2D eigenvalue weighted by Gasteiger charge is -2.44. The lowest BCUT2D eigenvalue weighted by molar-refractivity contribution is -0.0332. The van der Waals surface area contributed by atoms with Gasteiger partial charge in [0.25, 0.3) is 0 Å². The van der Waals surface area contributed by atoms with Crippen LogP contribution in [-0.2, 0) is 0 Å². The van der Waals surface area contributed by atoms with Crippen molar-refractivity contribution in [2.45, 2.75) is 103 Å². The van der Waals surface area contributed by atoms with Crippen LogP contribution in [0.25, 0.3) is 0 Å². The van der Waals surface area contributed by atoms with Crippen molar-refractivity contribution in [2.75, 3.05) is 0 Å². The fourth-order valence-corrected chi connectivity index (χ4v) is 6.21. The van der Waals surface area contributed by atoms with Crippen LogP contribution < -0.4 is 0 Å². The summed E-state index contributed by atoms with van der Waals surface area (Å²) in [6, 6.07) is 0. The van der Waals surface area contributed by atoms with E-state index in [1.54, 1.807) is 18.6 Å². The Morgan fingerprint density at radius 3 is 2.55 bits per heavy atom. The van der Waals surface area contributed by atoms with Gasteiger partial charge in [0.1, 0.15) is 11.3 Å². The SMILES string of the molecule is C=C1CC[C@H](O)C/C1=C/C=C1\CCC[C@]2(C)[C@@H]([C@H](C)/C=C/[C@@](C)(O)C(C)(C)F)CC[C@@H]12. The highest BCUT2D eigenvalue weighted by Crippen LogP contribution is 2.59. The third-order valence-corrected chi connectivity index (χ3v) is 8.79. The van der Waals surface area contributed by atoms with E-state index >= 15 is 0 Å². The Bertz CT molecular complexity index is 766. The minimum Gasteiger partial charge on any atom is -0.393 e. The molecular formula is C28H43FO2. The second-order valence-electron chi connectivity index (χ2n) is 11.4. The third kappa shape index (κ3) is 5.09. The van der Waals surface area contributed by atoms with Crippen molar-refractivity contribution in [3.63, 3.8) is 0 Å². The van der Waals surface area contributed by atoms with Crippen LogP contribution in [0.2, 0.25) is 0 Å². The van der Waals surface area contributed by atoms with Gasteiger partial charge >= 0.3 is 0 Å². The summed E-state index contributed by atoms with van der Waals surface area (Å²) < 4.78 is 14.3. The van der Waals surface area contributed by atoms with Gasteiger partial charge in [0.2, 0.25) is 0 Å². The Morgan fingerprint density at radius 1 is 1.16 bits per heavy atom. The number of hydrogen-bond acceptors (Lipinski definition) is 2. The Balaban J connectivity index is 1.77. The average molecular weight is 431 g/mol. The van der Waals surface area contributed by atoms with E-state index in [0.717, 1.165) is 25.7 Å². The van der Waals surface area contributed by atoms with Crippen molar-refractivity contribution < 1.29 is 14.6 Å². The average Bonchev–Trinajstić information content (AvgIpc) is 3.03. The first kappa shape index (κ1) is 24.5. The summed E-state index contributed by atoms with van der Waals surface area (Å²) in [5.74, 6) is 1.42. The van der Waals surface area contributed by atoms with Gasteiger partial charge in [-0.1, -0.05) is 55.9 Å². The molecule has 0 aromatic carbocycles. The quantitative estimate of drug-likeness (QED) is 0.468. The molecule has 0 amide bonds. The zero-order chi connectivity index (χ0) is 23.0. The Morgan fingerprint density at radius 2 is 1.87 bits per heavy atom. The number of allylic oxidation sites excluding steroid dienone is 5. The summed E-state index contributed by atoms with van der Waals surface area (Å²) in [6.07, 6.45) is 16.4. The molecule has 31 heavy (non-hydrogen) atoms. The van der Waals surface area contributed by atoms with Crippen LogP contribution in [0.4, 0.5) is 4.39 Å². The number of halogens is 1. The highest BCUT2D eigenvalue weighted by Gasteiger charge is 2.50. The van der Waals surface area contributed by atoms with Crippen LogP contribution >= 0.6 is 0 Å². The summed E-state index contributed by atoms with van der Waals surface area (Å²) >= 11 is 0. The maximum absolute atomic E-state index is 14.3. The van der Waals surface area contributed by atoms with Gasteiger partial charge in [-0.25, -0.2) is 4.39 Å². The molecule has 0 spiro atoms. The van der Waals surface area contributed by atoms with E-state index in [9.17, 15) is 14.6 Å². The highest BCUT2D eigenvalue weighted by molar-refractivity contribution is 5.36. The van der Waals surface area contributed by atoms with Crippen LogP contribution in [0.1, 0.15) is 86.0 Å². The molecule has 2 nitrogen and oxygen atoms in total. The summed E-state index contributed by atoms with van der Waals surface area (Å²) in [7, 11) is 0. The number of alkyl halides is 1. The van der Waals surface area contributed by atoms with Crippen molar-refractivity contribution in [2.24, 2.45) is 23.2 Å². The van der Waals surface area contributed by atoms with Gasteiger partial charge in [-0.15, -0.1) is 0 Å². The first-order valence-electron chi connectivity index (χ1n) is 12.2. The normalized spacial score (nSPS) is 37.9. The number of fused-ring (bicyclic) bond motifs is 1. The van der Waals surface area contributed by atoms with E-state index in [4.69, 9.17) is 0 Å². The van der Waals surface area contributed by atoms with E-state index in [1.165, 1.54) is 50.7 Å². The zero-order valence-electron chi connectivity index (χ0n) is 20.3. The number of rotatable bonds is 5. The van der Waals surface area contributed by atoms with Crippen molar-refractivity contribution >= 4 is 0 Å². The van der Waals surface area contributed by atoms with Crippen molar-refractivity contribution in [3.8, 4) is 0 Å². The molecule has 3 saturated carbocycles. The second kappa shape index (κ2) is 8.98. The van der Waals surface area contributed by atoms with Crippen LogP contribution in [0.15, 0.2) is 47.6 Å². The maximum Gasteiger partial charge on any atom is 0.137 e. The highest BCUT2D eigenvalue weighted by atomic mass is 19.1. The second-order valence-corrected chi connectivity index (χ2v) is 11.4. The molecule has 0 saturated heterocycles. The predicted molar refractivity (Wildman–Crippen MR) is 127 cm³/mol. The minimum absolute atomic E-state index is 0.234. The van der Waals surface area contributed by atoms with E-state index < -0.39 is 11.3 Å². The largest absolute Gasteiger partial charge is 0.393 e. The summed E-state index contributed by atoms with van der Waals surface area (Å²) in [6.45, 7) is 13.3. The van der Waals surface area contributed by atoms with Gasteiger partial charge in [0, 0.05) is 0 Å². The molecule has 0 heterocycles. The number of aliphatic hydroxyl groups excluding tert-OH is 1. The molecule has 3 heteroatoms. The molecule has 3 rings (SSSR count). The van der Waals surface area contributed by atoms with Crippen LogP contribution in [-0.4, -0.2) is 27.6 Å². The van der Waals surface area contributed by atoms with Gasteiger partial charge in [0.15, 0.2) is 0 Å². The monoisotopic (exact) mass is 430 g/mol. The van der Waals surface area contributed by atoms with E-state index in [2.05, 4.69) is 32.6 Å². The van der Waals surface area contributed by atoms with Crippen molar-refractivity contribution in [3.05, 3.63) is 47.6 Å². The van der Waals surface area contributed by atoms with Crippen molar-refractivity contribution in [1.82, 2.24) is 0 Å². The maximum atomic E-state index is 14.3. The van der Waals surface area contributed by atoms with Gasteiger partial charge < -0.3 is 10.2 Å². The minimum atomic E-state index is -1.67. The topological polar surface area (TPSA) is 40.5 Å². The molecule has 0 unspecified atom stereocenters. The fraction of sp³-hybridized carbons (Fsp3) is 0.714. The smallest absolute Gasteiger partial charge is 0.137 e. The molecule has 6 atom stereocenters. The lowest BCUT2D eigenvalue weighted by atomic mass is 9.61. The molecule has 0 aliphatic heterocycles. The molecular weight excluding hydrogens is 387 g/mol. The first-order chi connectivity index (χ1) is 14.3. The molecule has 0 radical (unpaired) electrons. The van der Waals surface area contributed by atoms with Gasteiger partial charge in [0.05, 0.1) is 6.10 Å². The Labute approximate surface area is 189 Å². The van der Waals surface area contributed by atoms with Gasteiger partial charge in [-0.3, -0.25) is 0 Å². The zero-order valence-corrected chi connectivity index (χ0v) is 20.3. The molecule has 0 bridgehead atoms. The van der Waals surface area contributed by atoms with Gasteiger partial charge in [-0.2, -0.15) is 0 Å². The van der Waals surface area contributed by atoms with Crippen LogP contribution in [0.3, 0.4) is 0 Å².